The minimum Gasteiger partial charge on any atom is -0.358 e. The van der Waals surface area contributed by atoms with Crippen LogP contribution in [0, 0.1) is 10.1 Å². The smallest absolute Gasteiger partial charge is 0.347 e. The summed E-state index contributed by atoms with van der Waals surface area (Å²) in [5.41, 5.74) is 0.834. The van der Waals surface area contributed by atoms with E-state index in [-0.39, 0.29) is 17.5 Å². The van der Waals surface area contributed by atoms with Crippen molar-refractivity contribution in [3.05, 3.63) is 21.9 Å². The van der Waals surface area contributed by atoms with E-state index in [1.807, 2.05) is 0 Å². The molecule has 1 saturated carbocycles. The van der Waals surface area contributed by atoms with Crippen molar-refractivity contribution in [1.82, 2.24) is 9.78 Å². The lowest BCUT2D eigenvalue weighted by Crippen LogP contribution is -2.22. The lowest BCUT2D eigenvalue weighted by Gasteiger charge is -2.14. The average Bonchev–Trinajstić information content (AvgIpc) is 3.04. The van der Waals surface area contributed by atoms with Crippen LogP contribution < -0.4 is 0 Å². The van der Waals surface area contributed by atoms with Gasteiger partial charge in [-0.3, -0.25) is 0 Å². The van der Waals surface area contributed by atoms with Crippen molar-refractivity contribution >= 4 is 13.9 Å². The monoisotopic (exact) mass is 283 g/mol. The lowest BCUT2D eigenvalue weighted by atomic mass is 10.3. The molecule has 7 heteroatoms. The van der Waals surface area contributed by atoms with E-state index in [4.69, 9.17) is 4.74 Å². The number of ether oxygens (including phenoxy) is 1. The Morgan fingerprint density at radius 2 is 2.21 bits per heavy atom. The van der Waals surface area contributed by atoms with Crippen LogP contribution in [0.15, 0.2) is 6.07 Å². The van der Waals surface area contributed by atoms with Gasteiger partial charge in [-0.1, -0.05) is 24.7 Å². The predicted octanol–water partition coefficient (Wildman–Crippen LogP) is 2.98. The molecule has 1 heterocycles. The number of nitro groups is 1. The van der Waals surface area contributed by atoms with Crippen LogP contribution in [0.2, 0.25) is 25.7 Å². The van der Waals surface area contributed by atoms with Gasteiger partial charge in [-0.05, 0) is 23.8 Å². The van der Waals surface area contributed by atoms with Crippen LogP contribution in [-0.4, -0.2) is 29.4 Å². The SMILES string of the molecule is C[Si](C)(C)CCOCn1nc(C2CC2)cc1[N+](=O)[O-]. The first-order chi connectivity index (χ1) is 8.87. The second-order valence-electron chi connectivity index (χ2n) is 6.31. The third-order valence-electron chi connectivity index (χ3n) is 3.17. The minimum absolute atomic E-state index is 0.0369. The number of hydrogen-bond acceptors (Lipinski definition) is 4. The Kier molecular flexibility index (Phi) is 4.05. The standard InChI is InChI=1S/C12H21N3O3Si/c1-19(2,3)7-6-18-9-14-12(15(16)17)8-11(13-14)10-4-5-10/h8,10H,4-7,9H2,1-3H3. The summed E-state index contributed by atoms with van der Waals surface area (Å²) in [5, 5.41) is 15.3. The Labute approximate surface area is 113 Å². The van der Waals surface area contributed by atoms with E-state index in [0.717, 1.165) is 24.6 Å². The van der Waals surface area contributed by atoms with Crippen molar-refractivity contribution in [2.24, 2.45) is 0 Å². The summed E-state index contributed by atoms with van der Waals surface area (Å²) in [7, 11) is -1.12. The third-order valence-corrected chi connectivity index (χ3v) is 4.87. The molecule has 0 aromatic carbocycles. The van der Waals surface area contributed by atoms with Gasteiger partial charge < -0.3 is 14.9 Å². The molecule has 1 aromatic rings. The Morgan fingerprint density at radius 3 is 2.74 bits per heavy atom. The van der Waals surface area contributed by atoms with Gasteiger partial charge in [0.1, 0.15) is 0 Å². The first kappa shape index (κ1) is 14.2. The maximum absolute atomic E-state index is 11.0. The highest BCUT2D eigenvalue weighted by molar-refractivity contribution is 6.76. The van der Waals surface area contributed by atoms with Gasteiger partial charge in [0.25, 0.3) is 0 Å². The Balaban J connectivity index is 1.93. The molecule has 19 heavy (non-hydrogen) atoms. The molecule has 0 atom stereocenters. The van der Waals surface area contributed by atoms with E-state index in [1.54, 1.807) is 6.07 Å². The summed E-state index contributed by atoms with van der Waals surface area (Å²) in [6.45, 7) is 7.65. The maximum Gasteiger partial charge on any atom is 0.347 e. The third kappa shape index (κ3) is 4.14. The molecule has 0 saturated heterocycles. The molecule has 1 aliphatic rings. The lowest BCUT2D eigenvalue weighted by molar-refractivity contribution is -0.393. The van der Waals surface area contributed by atoms with E-state index < -0.39 is 8.07 Å². The van der Waals surface area contributed by atoms with Crippen LogP contribution in [0.25, 0.3) is 0 Å². The van der Waals surface area contributed by atoms with E-state index >= 15 is 0 Å². The van der Waals surface area contributed by atoms with Crippen molar-refractivity contribution in [2.75, 3.05) is 6.61 Å². The zero-order valence-corrected chi connectivity index (χ0v) is 12.8. The molecule has 0 amide bonds. The Bertz CT molecular complexity index is 463. The average molecular weight is 283 g/mol. The van der Waals surface area contributed by atoms with Crippen LogP contribution in [-0.2, 0) is 11.5 Å². The summed E-state index contributed by atoms with van der Waals surface area (Å²) < 4.78 is 6.90. The fraction of sp³-hybridized carbons (Fsp3) is 0.750. The fourth-order valence-corrected chi connectivity index (χ4v) is 2.53. The van der Waals surface area contributed by atoms with Crippen LogP contribution in [0.4, 0.5) is 5.82 Å². The largest absolute Gasteiger partial charge is 0.358 e. The highest BCUT2D eigenvalue weighted by atomic mass is 28.3. The molecule has 0 spiro atoms. The molecular formula is C12H21N3O3Si. The van der Waals surface area contributed by atoms with Gasteiger partial charge in [-0.15, -0.1) is 4.68 Å². The highest BCUT2D eigenvalue weighted by Crippen LogP contribution is 2.40. The topological polar surface area (TPSA) is 70.2 Å². The van der Waals surface area contributed by atoms with Crippen LogP contribution in [0.3, 0.4) is 0 Å². The van der Waals surface area contributed by atoms with Crippen LogP contribution >= 0.6 is 0 Å². The molecular weight excluding hydrogens is 262 g/mol. The molecule has 2 rings (SSSR count). The van der Waals surface area contributed by atoms with Gasteiger partial charge in [0, 0.05) is 20.6 Å². The van der Waals surface area contributed by atoms with Crippen LogP contribution in [0.5, 0.6) is 0 Å². The van der Waals surface area contributed by atoms with E-state index in [1.165, 1.54) is 4.68 Å². The molecule has 1 aliphatic carbocycles. The summed E-state index contributed by atoms with van der Waals surface area (Å²) in [6, 6.07) is 2.64. The summed E-state index contributed by atoms with van der Waals surface area (Å²) in [5.74, 6) is 0.455. The maximum atomic E-state index is 11.0. The number of hydrogen-bond donors (Lipinski definition) is 0. The quantitative estimate of drug-likeness (QED) is 0.334. The summed E-state index contributed by atoms with van der Waals surface area (Å²) >= 11 is 0. The van der Waals surface area contributed by atoms with Crippen molar-refractivity contribution in [2.45, 2.75) is 51.2 Å². The van der Waals surface area contributed by atoms with Gasteiger partial charge in [0.05, 0.1) is 11.8 Å². The molecule has 0 unspecified atom stereocenters. The van der Waals surface area contributed by atoms with Crippen molar-refractivity contribution < 1.29 is 9.66 Å². The van der Waals surface area contributed by atoms with Gasteiger partial charge in [-0.2, -0.15) is 0 Å². The first-order valence-corrected chi connectivity index (χ1v) is 10.4. The van der Waals surface area contributed by atoms with Gasteiger partial charge >= 0.3 is 5.82 Å². The van der Waals surface area contributed by atoms with Gasteiger partial charge in [-0.25, -0.2) is 0 Å². The van der Waals surface area contributed by atoms with Crippen LogP contribution in [0.1, 0.15) is 24.5 Å². The molecule has 0 N–H and O–H groups in total. The molecule has 1 aromatic heterocycles. The van der Waals surface area contributed by atoms with E-state index in [0.29, 0.717) is 12.5 Å². The highest BCUT2D eigenvalue weighted by Gasteiger charge is 2.30. The first-order valence-electron chi connectivity index (χ1n) is 6.67. The second kappa shape index (κ2) is 5.42. The normalized spacial score (nSPS) is 15.7. The molecule has 1 fully saturated rings. The number of aromatic nitrogens is 2. The van der Waals surface area contributed by atoms with E-state index in [2.05, 4.69) is 24.7 Å². The van der Waals surface area contributed by atoms with Crippen molar-refractivity contribution in [3.63, 3.8) is 0 Å². The predicted molar refractivity (Wildman–Crippen MR) is 75.0 cm³/mol. The second-order valence-corrected chi connectivity index (χ2v) is 11.9. The zero-order chi connectivity index (χ0) is 14.0. The van der Waals surface area contributed by atoms with Crippen molar-refractivity contribution in [3.8, 4) is 0 Å². The van der Waals surface area contributed by atoms with Gasteiger partial charge in [0.2, 0.25) is 6.73 Å². The molecule has 0 aliphatic heterocycles. The fourth-order valence-electron chi connectivity index (χ4n) is 1.78. The van der Waals surface area contributed by atoms with Gasteiger partial charge in [0.15, 0.2) is 0 Å². The van der Waals surface area contributed by atoms with E-state index in [9.17, 15) is 10.1 Å². The summed E-state index contributed by atoms with van der Waals surface area (Å²) in [6.07, 6.45) is 2.18. The Morgan fingerprint density at radius 1 is 1.53 bits per heavy atom. The molecule has 0 radical (unpaired) electrons. The zero-order valence-electron chi connectivity index (χ0n) is 11.8. The number of rotatable bonds is 7. The van der Waals surface area contributed by atoms with Crippen molar-refractivity contribution in [1.29, 1.82) is 0 Å². The summed E-state index contributed by atoms with van der Waals surface area (Å²) in [4.78, 5) is 10.6. The Hall–Kier alpha value is -1.21. The number of nitrogens with zero attached hydrogens (tertiary/aromatic N) is 3. The minimum atomic E-state index is -1.12. The molecule has 6 nitrogen and oxygen atoms in total. The molecule has 106 valence electrons. The molecule has 0 bridgehead atoms.